The van der Waals surface area contributed by atoms with Gasteiger partial charge in [-0.25, -0.2) is 0 Å². The highest BCUT2D eigenvalue weighted by Crippen LogP contribution is 2.36. The molecule has 104 valence electrons. The van der Waals surface area contributed by atoms with Crippen molar-refractivity contribution in [1.29, 1.82) is 0 Å². The minimum absolute atomic E-state index is 0.537. The van der Waals surface area contributed by atoms with Crippen molar-refractivity contribution in [2.24, 2.45) is 5.92 Å². The van der Waals surface area contributed by atoms with Gasteiger partial charge in [-0.05, 0) is 49.5 Å². The van der Waals surface area contributed by atoms with Crippen LogP contribution in [0.2, 0.25) is 0 Å². The summed E-state index contributed by atoms with van der Waals surface area (Å²) in [6.07, 6.45) is 3.66. The molecule has 0 bridgehead atoms. The predicted molar refractivity (Wildman–Crippen MR) is 80.7 cm³/mol. The number of hydrogen-bond acceptors (Lipinski definition) is 3. The minimum atomic E-state index is 0.537. The maximum absolute atomic E-state index is 5.46. The Balaban J connectivity index is 1.66. The summed E-state index contributed by atoms with van der Waals surface area (Å²) in [5, 5.41) is 3.88. The lowest BCUT2D eigenvalue weighted by Gasteiger charge is -2.34. The van der Waals surface area contributed by atoms with Gasteiger partial charge in [-0.2, -0.15) is 0 Å². The van der Waals surface area contributed by atoms with Crippen molar-refractivity contribution in [2.75, 3.05) is 19.0 Å². The summed E-state index contributed by atoms with van der Waals surface area (Å²) in [6.45, 7) is 4.22. The minimum Gasteiger partial charge on any atom is -0.381 e. The van der Waals surface area contributed by atoms with Crippen LogP contribution in [-0.4, -0.2) is 25.0 Å². The molecule has 0 aliphatic carbocycles. The van der Waals surface area contributed by atoms with Crippen molar-refractivity contribution in [1.82, 2.24) is 5.32 Å². The summed E-state index contributed by atoms with van der Waals surface area (Å²) < 4.78 is 5.46. The van der Waals surface area contributed by atoms with E-state index in [1.807, 2.05) is 11.8 Å². The van der Waals surface area contributed by atoms with Crippen LogP contribution in [0.5, 0.6) is 0 Å². The lowest BCUT2D eigenvalue weighted by molar-refractivity contribution is 0.0542. The van der Waals surface area contributed by atoms with Gasteiger partial charge >= 0.3 is 0 Å². The van der Waals surface area contributed by atoms with E-state index in [4.69, 9.17) is 4.74 Å². The van der Waals surface area contributed by atoms with E-state index in [1.165, 1.54) is 35.5 Å². The molecule has 3 rings (SSSR count). The Morgan fingerprint density at radius 3 is 2.84 bits per heavy atom. The number of fused-ring (bicyclic) bond motifs is 1. The first-order valence-electron chi connectivity index (χ1n) is 7.40. The van der Waals surface area contributed by atoms with Gasteiger partial charge in [0.2, 0.25) is 0 Å². The number of rotatable bonds is 3. The Labute approximate surface area is 120 Å². The van der Waals surface area contributed by atoms with Crippen molar-refractivity contribution >= 4 is 11.8 Å². The zero-order valence-electron chi connectivity index (χ0n) is 11.6. The molecule has 1 N–H and O–H groups in total. The van der Waals surface area contributed by atoms with E-state index in [-0.39, 0.29) is 0 Å². The molecular weight excluding hydrogens is 254 g/mol. The first kappa shape index (κ1) is 13.5. The van der Waals surface area contributed by atoms with Gasteiger partial charge in [0.1, 0.15) is 0 Å². The van der Waals surface area contributed by atoms with Gasteiger partial charge in [-0.1, -0.05) is 18.2 Å². The highest BCUT2D eigenvalue weighted by atomic mass is 32.2. The fourth-order valence-electron chi connectivity index (χ4n) is 3.18. The second kappa shape index (κ2) is 6.29. The van der Waals surface area contributed by atoms with E-state index in [0.29, 0.717) is 12.1 Å². The predicted octanol–water partition coefficient (Wildman–Crippen LogP) is 3.63. The van der Waals surface area contributed by atoms with E-state index in [0.717, 1.165) is 19.1 Å². The number of ether oxygens (including phenoxy) is 1. The number of nitrogens with one attached hydrogen (secondary N) is 1. The van der Waals surface area contributed by atoms with E-state index >= 15 is 0 Å². The third kappa shape index (κ3) is 3.15. The van der Waals surface area contributed by atoms with E-state index in [1.54, 1.807) is 0 Å². The zero-order valence-corrected chi connectivity index (χ0v) is 12.4. The number of thioether (sulfide) groups is 1. The van der Waals surface area contributed by atoms with Crippen molar-refractivity contribution in [2.45, 2.75) is 43.2 Å². The average Bonchev–Trinajstić information content (AvgIpc) is 2.48. The maximum atomic E-state index is 5.46. The standard InChI is InChI=1S/C16H23NOS/c1-12(13-6-9-18-10-7-13)17-15-8-11-19-16-5-3-2-4-14(15)16/h2-5,12-13,15,17H,6-11H2,1H3. The Hall–Kier alpha value is -0.510. The van der Waals surface area contributed by atoms with Crippen LogP contribution in [0.15, 0.2) is 29.2 Å². The molecule has 3 heteroatoms. The van der Waals surface area contributed by atoms with Gasteiger partial charge in [-0.3, -0.25) is 0 Å². The Morgan fingerprint density at radius 2 is 2.00 bits per heavy atom. The van der Waals surface area contributed by atoms with Crippen LogP contribution in [0.1, 0.15) is 37.8 Å². The molecule has 1 aromatic rings. The molecule has 2 aliphatic rings. The van der Waals surface area contributed by atoms with Crippen LogP contribution < -0.4 is 5.32 Å². The molecule has 1 saturated heterocycles. The van der Waals surface area contributed by atoms with Crippen LogP contribution >= 0.6 is 11.8 Å². The molecule has 1 aromatic carbocycles. The van der Waals surface area contributed by atoms with Gasteiger partial charge in [-0.15, -0.1) is 11.8 Å². The molecule has 2 unspecified atom stereocenters. The van der Waals surface area contributed by atoms with Crippen LogP contribution in [-0.2, 0) is 4.74 Å². The van der Waals surface area contributed by atoms with Gasteiger partial charge in [0.05, 0.1) is 0 Å². The fraction of sp³-hybridized carbons (Fsp3) is 0.625. The molecule has 2 nitrogen and oxygen atoms in total. The molecule has 1 fully saturated rings. The molecule has 0 radical (unpaired) electrons. The van der Waals surface area contributed by atoms with Gasteiger partial charge in [0, 0.05) is 30.2 Å². The number of benzene rings is 1. The van der Waals surface area contributed by atoms with E-state index in [2.05, 4.69) is 36.5 Å². The largest absolute Gasteiger partial charge is 0.381 e. The summed E-state index contributed by atoms with van der Waals surface area (Å²) in [7, 11) is 0. The molecule has 2 aliphatic heterocycles. The lowest BCUT2D eigenvalue weighted by atomic mass is 9.91. The highest BCUT2D eigenvalue weighted by Gasteiger charge is 2.26. The fourth-order valence-corrected chi connectivity index (χ4v) is 4.31. The third-order valence-electron chi connectivity index (χ3n) is 4.40. The molecule has 0 amide bonds. The van der Waals surface area contributed by atoms with Gasteiger partial charge < -0.3 is 10.1 Å². The average molecular weight is 277 g/mol. The van der Waals surface area contributed by atoms with Crippen LogP contribution in [0.4, 0.5) is 0 Å². The van der Waals surface area contributed by atoms with Crippen molar-refractivity contribution < 1.29 is 4.74 Å². The third-order valence-corrected chi connectivity index (χ3v) is 5.52. The molecule has 0 aromatic heterocycles. The van der Waals surface area contributed by atoms with Crippen molar-refractivity contribution in [3.63, 3.8) is 0 Å². The highest BCUT2D eigenvalue weighted by molar-refractivity contribution is 7.99. The first-order chi connectivity index (χ1) is 9.34. The summed E-state index contributed by atoms with van der Waals surface area (Å²) in [5.74, 6) is 2.00. The maximum Gasteiger partial charge on any atom is 0.0469 e. The van der Waals surface area contributed by atoms with Crippen molar-refractivity contribution in [3.8, 4) is 0 Å². The molecule has 0 spiro atoms. The Kier molecular flexibility index (Phi) is 4.46. The smallest absolute Gasteiger partial charge is 0.0469 e. The van der Waals surface area contributed by atoms with Crippen LogP contribution in [0.3, 0.4) is 0 Å². The summed E-state index contributed by atoms with van der Waals surface area (Å²) in [5.41, 5.74) is 1.50. The second-order valence-electron chi connectivity index (χ2n) is 5.63. The van der Waals surface area contributed by atoms with Crippen LogP contribution in [0.25, 0.3) is 0 Å². The molecule has 19 heavy (non-hydrogen) atoms. The van der Waals surface area contributed by atoms with Gasteiger partial charge in [0.15, 0.2) is 0 Å². The number of hydrogen-bond donors (Lipinski definition) is 1. The van der Waals surface area contributed by atoms with E-state index < -0.39 is 0 Å². The monoisotopic (exact) mass is 277 g/mol. The topological polar surface area (TPSA) is 21.3 Å². The summed E-state index contributed by atoms with van der Waals surface area (Å²) in [6, 6.07) is 9.98. The molecular formula is C16H23NOS. The summed E-state index contributed by atoms with van der Waals surface area (Å²) >= 11 is 2.00. The molecule has 2 atom stereocenters. The van der Waals surface area contributed by atoms with Gasteiger partial charge in [0.25, 0.3) is 0 Å². The zero-order chi connectivity index (χ0) is 13.1. The summed E-state index contributed by atoms with van der Waals surface area (Å²) in [4.78, 5) is 1.46. The SMILES string of the molecule is CC(NC1CCSc2ccccc21)C1CCOCC1. The lowest BCUT2D eigenvalue weighted by Crippen LogP contribution is -2.39. The van der Waals surface area contributed by atoms with Crippen LogP contribution in [0, 0.1) is 5.92 Å². The van der Waals surface area contributed by atoms with E-state index in [9.17, 15) is 0 Å². The second-order valence-corrected chi connectivity index (χ2v) is 6.77. The normalized spacial score (nSPS) is 25.8. The molecule has 0 saturated carbocycles. The Bertz CT molecular complexity index is 417. The molecule has 2 heterocycles. The first-order valence-corrected chi connectivity index (χ1v) is 8.38. The van der Waals surface area contributed by atoms with Crippen molar-refractivity contribution in [3.05, 3.63) is 29.8 Å². The Morgan fingerprint density at radius 1 is 1.21 bits per heavy atom. The quantitative estimate of drug-likeness (QED) is 0.911.